The van der Waals surface area contributed by atoms with E-state index in [9.17, 15) is 4.79 Å². The fourth-order valence-electron chi connectivity index (χ4n) is 2.09. The van der Waals surface area contributed by atoms with Crippen molar-refractivity contribution in [3.05, 3.63) is 48.2 Å². The van der Waals surface area contributed by atoms with Crippen LogP contribution in [0.15, 0.2) is 42.6 Å². The average molecular weight is 270 g/mol. The van der Waals surface area contributed by atoms with Gasteiger partial charge in [0.1, 0.15) is 5.82 Å². The summed E-state index contributed by atoms with van der Waals surface area (Å²) in [5.41, 5.74) is 7.88. The maximum atomic E-state index is 11.9. The van der Waals surface area contributed by atoms with Gasteiger partial charge in [0.2, 0.25) is 0 Å². The number of methoxy groups -OCH3 is 1. The minimum absolute atomic E-state index is 0.260. The number of benzene rings is 1. The van der Waals surface area contributed by atoms with Crippen molar-refractivity contribution in [2.75, 3.05) is 12.8 Å². The molecule has 0 atom stereocenters. The SMILES string of the molecule is COC(=O)C(C)(C)c1cccc(-c2ccnc(N)c2)c1. The molecule has 20 heavy (non-hydrogen) atoms. The predicted octanol–water partition coefficient (Wildman–Crippen LogP) is 2.78. The number of nitrogens with zero attached hydrogens (tertiary/aromatic N) is 1. The van der Waals surface area contributed by atoms with Crippen LogP contribution in [0.2, 0.25) is 0 Å². The second kappa shape index (κ2) is 5.33. The summed E-state index contributed by atoms with van der Waals surface area (Å²) in [5, 5.41) is 0. The summed E-state index contributed by atoms with van der Waals surface area (Å²) in [6.07, 6.45) is 1.67. The molecule has 2 N–H and O–H groups in total. The van der Waals surface area contributed by atoms with Gasteiger partial charge in [0.05, 0.1) is 12.5 Å². The van der Waals surface area contributed by atoms with Crippen LogP contribution >= 0.6 is 0 Å². The van der Waals surface area contributed by atoms with E-state index in [4.69, 9.17) is 10.5 Å². The van der Waals surface area contributed by atoms with Gasteiger partial charge in [0.25, 0.3) is 0 Å². The third-order valence-electron chi connectivity index (χ3n) is 3.39. The lowest BCUT2D eigenvalue weighted by molar-refractivity contribution is -0.146. The van der Waals surface area contributed by atoms with E-state index >= 15 is 0 Å². The number of nitrogen functional groups attached to an aromatic ring is 1. The fourth-order valence-corrected chi connectivity index (χ4v) is 2.09. The zero-order chi connectivity index (χ0) is 14.8. The zero-order valence-electron chi connectivity index (χ0n) is 11.9. The Balaban J connectivity index is 2.45. The average Bonchev–Trinajstić information content (AvgIpc) is 2.46. The van der Waals surface area contributed by atoms with Gasteiger partial charge in [0.15, 0.2) is 0 Å². The monoisotopic (exact) mass is 270 g/mol. The third kappa shape index (κ3) is 2.64. The Morgan fingerprint density at radius 3 is 2.55 bits per heavy atom. The van der Waals surface area contributed by atoms with Crippen LogP contribution in [-0.2, 0) is 14.9 Å². The molecule has 2 aromatic rings. The molecule has 1 aromatic heterocycles. The van der Waals surface area contributed by atoms with Gasteiger partial charge in [-0.1, -0.05) is 24.3 Å². The normalized spacial score (nSPS) is 11.2. The number of nitrogens with two attached hydrogens (primary N) is 1. The second-order valence-corrected chi connectivity index (χ2v) is 5.17. The summed E-state index contributed by atoms with van der Waals surface area (Å²) in [7, 11) is 1.40. The molecule has 104 valence electrons. The molecule has 0 bridgehead atoms. The van der Waals surface area contributed by atoms with E-state index in [2.05, 4.69) is 4.98 Å². The number of hydrogen-bond donors (Lipinski definition) is 1. The van der Waals surface area contributed by atoms with Crippen molar-refractivity contribution in [1.29, 1.82) is 0 Å². The first kappa shape index (κ1) is 14.1. The first-order valence-electron chi connectivity index (χ1n) is 6.36. The van der Waals surface area contributed by atoms with Crippen molar-refractivity contribution < 1.29 is 9.53 Å². The zero-order valence-corrected chi connectivity index (χ0v) is 11.9. The molecule has 0 aliphatic heterocycles. The van der Waals surface area contributed by atoms with Crippen LogP contribution in [0.1, 0.15) is 19.4 Å². The second-order valence-electron chi connectivity index (χ2n) is 5.17. The molecule has 0 saturated carbocycles. The van der Waals surface area contributed by atoms with E-state index in [1.807, 2.05) is 50.2 Å². The molecule has 1 heterocycles. The summed E-state index contributed by atoms with van der Waals surface area (Å²) >= 11 is 0. The van der Waals surface area contributed by atoms with Gasteiger partial charge >= 0.3 is 5.97 Å². The third-order valence-corrected chi connectivity index (χ3v) is 3.39. The first-order valence-corrected chi connectivity index (χ1v) is 6.36. The summed E-state index contributed by atoms with van der Waals surface area (Å²) in [4.78, 5) is 15.9. The highest BCUT2D eigenvalue weighted by Crippen LogP contribution is 2.29. The first-order chi connectivity index (χ1) is 9.45. The van der Waals surface area contributed by atoms with Gasteiger partial charge < -0.3 is 10.5 Å². The lowest BCUT2D eigenvalue weighted by Gasteiger charge is -2.22. The van der Waals surface area contributed by atoms with Crippen molar-refractivity contribution in [1.82, 2.24) is 4.98 Å². The molecule has 0 aliphatic rings. The summed E-state index contributed by atoms with van der Waals surface area (Å²) in [6.45, 7) is 3.69. The maximum absolute atomic E-state index is 11.9. The number of pyridine rings is 1. The molecule has 0 saturated heterocycles. The van der Waals surface area contributed by atoms with Gasteiger partial charge in [-0.15, -0.1) is 0 Å². The van der Waals surface area contributed by atoms with Gasteiger partial charge in [-0.2, -0.15) is 0 Å². The molecule has 4 nitrogen and oxygen atoms in total. The Kier molecular flexibility index (Phi) is 3.74. The van der Waals surface area contributed by atoms with E-state index < -0.39 is 5.41 Å². The van der Waals surface area contributed by atoms with E-state index in [0.717, 1.165) is 16.7 Å². The number of rotatable bonds is 3. The maximum Gasteiger partial charge on any atom is 0.315 e. The lowest BCUT2D eigenvalue weighted by Crippen LogP contribution is -2.30. The van der Waals surface area contributed by atoms with E-state index in [0.29, 0.717) is 5.82 Å². The van der Waals surface area contributed by atoms with Gasteiger partial charge in [-0.3, -0.25) is 4.79 Å². The van der Waals surface area contributed by atoms with E-state index in [1.165, 1.54) is 7.11 Å². The molecule has 0 fully saturated rings. The Labute approximate surface area is 118 Å². The predicted molar refractivity (Wildman–Crippen MR) is 79.1 cm³/mol. The molecule has 0 spiro atoms. The minimum atomic E-state index is -0.691. The molecular formula is C16H18N2O2. The van der Waals surface area contributed by atoms with Crippen LogP contribution in [0.25, 0.3) is 11.1 Å². The molecule has 0 amide bonds. The molecule has 1 aromatic carbocycles. The van der Waals surface area contributed by atoms with E-state index in [1.54, 1.807) is 6.20 Å². The molecule has 0 unspecified atom stereocenters. The highest BCUT2D eigenvalue weighted by atomic mass is 16.5. The topological polar surface area (TPSA) is 65.2 Å². The minimum Gasteiger partial charge on any atom is -0.468 e. The van der Waals surface area contributed by atoms with Crippen molar-refractivity contribution in [2.24, 2.45) is 0 Å². The van der Waals surface area contributed by atoms with Crippen molar-refractivity contribution in [3.8, 4) is 11.1 Å². The van der Waals surface area contributed by atoms with E-state index in [-0.39, 0.29) is 5.97 Å². The molecule has 0 aliphatic carbocycles. The van der Waals surface area contributed by atoms with Crippen molar-refractivity contribution in [2.45, 2.75) is 19.3 Å². The number of carbonyl (C=O) groups excluding carboxylic acids is 1. The van der Waals surface area contributed by atoms with Crippen molar-refractivity contribution >= 4 is 11.8 Å². The summed E-state index contributed by atoms with van der Waals surface area (Å²) in [5.74, 6) is 0.212. The van der Waals surface area contributed by atoms with Crippen LogP contribution in [0.3, 0.4) is 0 Å². The molecular weight excluding hydrogens is 252 g/mol. The van der Waals surface area contributed by atoms with Gasteiger partial charge in [-0.25, -0.2) is 4.98 Å². The fraction of sp³-hybridized carbons (Fsp3) is 0.250. The number of carbonyl (C=O) groups is 1. The summed E-state index contributed by atoms with van der Waals surface area (Å²) < 4.78 is 4.87. The Hall–Kier alpha value is -2.36. The smallest absolute Gasteiger partial charge is 0.315 e. The van der Waals surface area contributed by atoms with Crippen LogP contribution < -0.4 is 5.73 Å². The number of ether oxygens (including phenoxy) is 1. The highest BCUT2D eigenvalue weighted by Gasteiger charge is 2.30. The van der Waals surface area contributed by atoms with Crippen LogP contribution in [0.5, 0.6) is 0 Å². The van der Waals surface area contributed by atoms with Gasteiger partial charge in [0, 0.05) is 6.20 Å². The number of hydrogen-bond acceptors (Lipinski definition) is 4. The lowest BCUT2D eigenvalue weighted by atomic mass is 9.83. The largest absolute Gasteiger partial charge is 0.468 e. The molecule has 0 radical (unpaired) electrons. The number of esters is 1. The van der Waals surface area contributed by atoms with Crippen LogP contribution in [-0.4, -0.2) is 18.1 Å². The van der Waals surface area contributed by atoms with Crippen molar-refractivity contribution in [3.63, 3.8) is 0 Å². The summed E-state index contributed by atoms with van der Waals surface area (Å²) in [6, 6.07) is 11.5. The quantitative estimate of drug-likeness (QED) is 0.871. The molecule has 2 rings (SSSR count). The Bertz CT molecular complexity index is 636. The van der Waals surface area contributed by atoms with Crippen LogP contribution in [0, 0.1) is 0 Å². The van der Waals surface area contributed by atoms with Gasteiger partial charge in [-0.05, 0) is 42.7 Å². The van der Waals surface area contributed by atoms with Crippen LogP contribution in [0.4, 0.5) is 5.82 Å². The number of aromatic nitrogens is 1. The highest BCUT2D eigenvalue weighted by molar-refractivity contribution is 5.83. The molecule has 4 heteroatoms. The standard InChI is InChI=1S/C16H18N2O2/c1-16(2,15(19)20-3)13-6-4-5-11(9-13)12-7-8-18-14(17)10-12/h4-10H,1-3H3,(H2,17,18). The number of anilines is 1. The Morgan fingerprint density at radius 1 is 1.20 bits per heavy atom. The Morgan fingerprint density at radius 2 is 1.90 bits per heavy atom.